The molecule has 17 heavy (non-hydrogen) atoms. The van der Waals surface area contributed by atoms with Crippen molar-refractivity contribution in [3.8, 4) is 11.5 Å². The second-order valence-electron chi connectivity index (χ2n) is 4.08. The maximum absolute atomic E-state index is 5.72. The molecule has 2 N–H and O–H groups in total. The summed E-state index contributed by atoms with van der Waals surface area (Å²) in [6, 6.07) is 6.43. The van der Waals surface area contributed by atoms with Crippen molar-refractivity contribution in [2.24, 2.45) is 0 Å². The van der Waals surface area contributed by atoms with E-state index in [0.29, 0.717) is 19.3 Å². The molecule has 0 amide bonds. The van der Waals surface area contributed by atoms with Crippen LogP contribution < -0.4 is 20.1 Å². The molecule has 0 radical (unpaired) electrons. The highest BCUT2D eigenvalue weighted by atomic mass is 35.5. The van der Waals surface area contributed by atoms with Crippen LogP contribution in [-0.2, 0) is 0 Å². The van der Waals surface area contributed by atoms with Crippen LogP contribution in [0.4, 0.5) is 0 Å². The van der Waals surface area contributed by atoms with Gasteiger partial charge in [0.25, 0.3) is 0 Å². The molecular formula is C12H17ClN2O2. The Morgan fingerprint density at radius 2 is 2.00 bits per heavy atom. The highest BCUT2D eigenvalue weighted by molar-refractivity contribution is 5.85. The van der Waals surface area contributed by atoms with E-state index in [1.54, 1.807) is 0 Å². The van der Waals surface area contributed by atoms with Crippen LogP contribution in [0.5, 0.6) is 11.5 Å². The predicted octanol–water partition coefficient (Wildman–Crippen LogP) is 1.11. The summed E-state index contributed by atoms with van der Waals surface area (Å²) >= 11 is 0. The average Bonchev–Trinajstić information content (AvgIpc) is 2.39. The third-order valence-electron chi connectivity index (χ3n) is 3.01. The fraction of sp³-hybridized carbons (Fsp3) is 0.500. The van der Waals surface area contributed by atoms with Crippen molar-refractivity contribution < 1.29 is 9.47 Å². The van der Waals surface area contributed by atoms with E-state index in [9.17, 15) is 0 Å². The monoisotopic (exact) mass is 256 g/mol. The largest absolute Gasteiger partial charge is 0.486 e. The van der Waals surface area contributed by atoms with Gasteiger partial charge in [-0.1, -0.05) is 12.1 Å². The smallest absolute Gasteiger partial charge is 0.166 e. The molecule has 4 nitrogen and oxygen atoms in total. The molecule has 0 unspecified atom stereocenters. The molecule has 0 bridgehead atoms. The van der Waals surface area contributed by atoms with E-state index < -0.39 is 0 Å². The van der Waals surface area contributed by atoms with Gasteiger partial charge < -0.3 is 20.1 Å². The summed E-state index contributed by atoms with van der Waals surface area (Å²) in [7, 11) is 0. The molecule has 0 aliphatic carbocycles. The number of hydrogen-bond acceptors (Lipinski definition) is 4. The minimum absolute atomic E-state index is 0. The molecule has 2 heterocycles. The SMILES string of the molecule is Cl.c1cc2c(c([C@H]3CNCCN3)c1)OCCO2. The molecular weight excluding hydrogens is 240 g/mol. The van der Waals surface area contributed by atoms with Gasteiger partial charge >= 0.3 is 0 Å². The van der Waals surface area contributed by atoms with Crippen LogP contribution in [-0.4, -0.2) is 32.8 Å². The van der Waals surface area contributed by atoms with Crippen LogP contribution >= 0.6 is 12.4 Å². The lowest BCUT2D eigenvalue weighted by Gasteiger charge is -2.28. The summed E-state index contributed by atoms with van der Waals surface area (Å²) in [5.74, 6) is 1.78. The zero-order valence-electron chi connectivity index (χ0n) is 9.57. The maximum atomic E-state index is 5.72. The number of benzene rings is 1. The van der Waals surface area contributed by atoms with E-state index >= 15 is 0 Å². The van der Waals surface area contributed by atoms with Crippen molar-refractivity contribution in [1.29, 1.82) is 0 Å². The van der Waals surface area contributed by atoms with Crippen LogP contribution in [0.25, 0.3) is 0 Å². The maximum Gasteiger partial charge on any atom is 0.166 e. The van der Waals surface area contributed by atoms with E-state index in [1.165, 1.54) is 5.56 Å². The van der Waals surface area contributed by atoms with Gasteiger partial charge in [-0.15, -0.1) is 12.4 Å². The summed E-state index contributed by atoms with van der Waals surface area (Å²) in [4.78, 5) is 0. The molecule has 1 aromatic carbocycles. The normalized spacial score (nSPS) is 22.7. The Hall–Kier alpha value is -0.970. The number of piperazine rings is 1. The van der Waals surface area contributed by atoms with Gasteiger partial charge in [-0.3, -0.25) is 0 Å². The van der Waals surface area contributed by atoms with Crippen molar-refractivity contribution in [3.63, 3.8) is 0 Å². The van der Waals surface area contributed by atoms with Crippen LogP contribution in [0.15, 0.2) is 18.2 Å². The molecule has 1 saturated heterocycles. The summed E-state index contributed by atoms with van der Waals surface area (Å²) in [6.07, 6.45) is 0. The minimum atomic E-state index is 0. The molecule has 2 aliphatic heterocycles. The van der Waals surface area contributed by atoms with Crippen molar-refractivity contribution >= 4 is 12.4 Å². The van der Waals surface area contributed by atoms with Gasteiger partial charge in [-0.25, -0.2) is 0 Å². The lowest BCUT2D eigenvalue weighted by Crippen LogP contribution is -2.42. The highest BCUT2D eigenvalue weighted by Gasteiger charge is 2.22. The van der Waals surface area contributed by atoms with Gasteiger partial charge in [0.2, 0.25) is 0 Å². The summed E-state index contributed by atoms with van der Waals surface area (Å²) in [5.41, 5.74) is 1.20. The average molecular weight is 257 g/mol. The molecule has 1 atom stereocenters. The van der Waals surface area contributed by atoms with Crippen molar-refractivity contribution in [3.05, 3.63) is 23.8 Å². The number of ether oxygens (including phenoxy) is 2. The van der Waals surface area contributed by atoms with Gasteiger partial charge in [0, 0.05) is 31.2 Å². The van der Waals surface area contributed by atoms with E-state index in [2.05, 4.69) is 16.7 Å². The molecule has 0 spiro atoms. The second kappa shape index (κ2) is 5.58. The summed E-state index contributed by atoms with van der Waals surface area (Å²) in [5, 5.41) is 6.87. The lowest BCUT2D eigenvalue weighted by atomic mass is 10.0. The summed E-state index contributed by atoms with van der Waals surface area (Å²) in [6.45, 7) is 4.26. The van der Waals surface area contributed by atoms with E-state index in [4.69, 9.17) is 9.47 Å². The van der Waals surface area contributed by atoms with Crippen molar-refractivity contribution in [1.82, 2.24) is 10.6 Å². The number of rotatable bonds is 1. The Morgan fingerprint density at radius 3 is 2.82 bits per heavy atom. The molecule has 3 rings (SSSR count). The lowest BCUT2D eigenvalue weighted by molar-refractivity contribution is 0.168. The Bertz CT molecular complexity index is 381. The fourth-order valence-electron chi connectivity index (χ4n) is 2.24. The van der Waals surface area contributed by atoms with Crippen molar-refractivity contribution in [2.45, 2.75) is 6.04 Å². The second-order valence-corrected chi connectivity index (χ2v) is 4.08. The fourth-order valence-corrected chi connectivity index (χ4v) is 2.24. The first-order valence-corrected chi connectivity index (χ1v) is 5.78. The standard InChI is InChI=1S/C12H16N2O2.ClH/c1-2-9(10-8-13-4-5-14-10)12-11(3-1)15-6-7-16-12;/h1-3,10,13-14H,4-8H2;1H/t10-;/m1./s1. The van der Waals surface area contributed by atoms with Gasteiger partial charge in [-0.05, 0) is 6.07 Å². The number of hydrogen-bond donors (Lipinski definition) is 2. The van der Waals surface area contributed by atoms with Gasteiger partial charge in [0.05, 0.1) is 0 Å². The quantitative estimate of drug-likeness (QED) is 0.790. The Balaban J connectivity index is 0.00000108. The molecule has 1 aromatic rings. The molecule has 2 aliphatic rings. The number of halogens is 1. The molecule has 94 valence electrons. The Kier molecular flexibility index (Phi) is 4.10. The Morgan fingerprint density at radius 1 is 1.12 bits per heavy atom. The van der Waals surface area contributed by atoms with Crippen molar-refractivity contribution in [2.75, 3.05) is 32.8 Å². The third kappa shape index (κ3) is 2.49. The predicted molar refractivity (Wildman–Crippen MR) is 68.3 cm³/mol. The van der Waals surface area contributed by atoms with E-state index in [1.807, 2.05) is 12.1 Å². The minimum Gasteiger partial charge on any atom is -0.486 e. The van der Waals surface area contributed by atoms with Crippen LogP contribution in [0.1, 0.15) is 11.6 Å². The van der Waals surface area contributed by atoms with Gasteiger partial charge in [0.1, 0.15) is 13.2 Å². The van der Waals surface area contributed by atoms with Gasteiger partial charge in [-0.2, -0.15) is 0 Å². The van der Waals surface area contributed by atoms with E-state index in [-0.39, 0.29) is 12.4 Å². The third-order valence-corrected chi connectivity index (χ3v) is 3.01. The van der Waals surface area contributed by atoms with Gasteiger partial charge in [0.15, 0.2) is 11.5 Å². The number of fused-ring (bicyclic) bond motifs is 1. The van der Waals surface area contributed by atoms with Crippen LogP contribution in [0, 0.1) is 0 Å². The van der Waals surface area contributed by atoms with Crippen LogP contribution in [0.3, 0.4) is 0 Å². The number of para-hydroxylation sites is 1. The van der Waals surface area contributed by atoms with E-state index in [0.717, 1.165) is 31.1 Å². The first-order chi connectivity index (χ1) is 7.95. The first kappa shape index (κ1) is 12.5. The zero-order chi connectivity index (χ0) is 10.8. The number of nitrogens with one attached hydrogen (secondary N) is 2. The topological polar surface area (TPSA) is 42.5 Å². The molecule has 0 saturated carbocycles. The molecule has 5 heteroatoms. The summed E-state index contributed by atoms with van der Waals surface area (Å²) < 4.78 is 11.3. The zero-order valence-corrected chi connectivity index (χ0v) is 10.4. The Labute approximate surface area is 107 Å². The molecule has 0 aromatic heterocycles. The molecule has 1 fully saturated rings. The highest BCUT2D eigenvalue weighted by Crippen LogP contribution is 2.36. The first-order valence-electron chi connectivity index (χ1n) is 5.78. The van der Waals surface area contributed by atoms with Crippen LogP contribution in [0.2, 0.25) is 0 Å².